The molecule has 102 valence electrons. The van der Waals surface area contributed by atoms with E-state index in [0.29, 0.717) is 6.42 Å². The standard InChI is InChI=1S/C14H17NO4/c1-14(2)8-11(12(16)19-14)15-13(17)18-9-10-6-4-3-5-7-10/h3-7,11H,8-9H2,1-2H3,(H,15,17)/t11-/m0/s1. The Labute approximate surface area is 111 Å². The maximum atomic E-state index is 11.6. The molecule has 1 fully saturated rings. The molecule has 0 aromatic heterocycles. The number of amides is 1. The van der Waals surface area contributed by atoms with Crippen LogP contribution < -0.4 is 5.32 Å². The number of carbonyl (C=O) groups excluding carboxylic acids is 2. The van der Waals surface area contributed by atoms with Gasteiger partial charge in [-0.15, -0.1) is 0 Å². The SMILES string of the molecule is CC1(C)C[C@H](NC(=O)OCc2ccccc2)C(=O)O1. The lowest BCUT2D eigenvalue weighted by Gasteiger charge is -2.14. The van der Waals surface area contributed by atoms with Gasteiger partial charge in [-0.2, -0.15) is 0 Å². The largest absolute Gasteiger partial charge is 0.458 e. The Morgan fingerprint density at radius 1 is 1.42 bits per heavy atom. The summed E-state index contributed by atoms with van der Waals surface area (Å²) in [6.45, 7) is 3.79. The number of rotatable bonds is 3. The first-order valence-electron chi connectivity index (χ1n) is 6.16. The molecule has 1 heterocycles. The minimum Gasteiger partial charge on any atom is -0.458 e. The lowest BCUT2D eigenvalue weighted by atomic mass is 10.0. The van der Waals surface area contributed by atoms with Crippen LogP contribution in [-0.2, 0) is 20.9 Å². The van der Waals surface area contributed by atoms with Crippen molar-refractivity contribution in [2.24, 2.45) is 0 Å². The minimum atomic E-state index is -0.627. The predicted molar refractivity (Wildman–Crippen MR) is 68.3 cm³/mol. The minimum absolute atomic E-state index is 0.178. The highest BCUT2D eigenvalue weighted by Gasteiger charge is 2.41. The number of carbonyl (C=O) groups is 2. The van der Waals surface area contributed by atoms with Gasteiger partial charge in [-0.25, -0.2) is 9.59 Å². The van der Waals surface area contributed by atoms with Crippen LogP contribution in [0.2, 0.25) is 0 Å². The highest BCUT2D eigenvalue weighted by molar-refractivity contribution is 5.83. The van der Waals surface area contributed by atoms with Crippen molar-refractivity contribution in [1.82, 2.24) is 5.32 Å². The third-order valence-corrected chi connectivity index (χ3v) is 2.86. The first kappa shape index (κ1) is 13.4. The van der Waals surface area contributed by atoms with Gasteiger partial charge < -0.3 is 14.8 Å². The molecule has 1 aromatic carbocycles. The molecule has 1 N–H and O–H groups in total. The Kier molecular flexibility index (Phi) is 3.74. The van der Waals surface area contributed by atoms with E-state index in [1.54, 1.807) is 0 Å². The summed E-state index contributed by atoms with van der Waals surface area (Å²) in [7, 11) is 0. The molecule has 19 heavy (non-hydrogen) atoms. The van der Waals surface area contributed by atoms with Crippen LogP contribution in [0, 0.1) is 0 Å². The molecular weight excluding hydrogens is 246 g/mol. The first-order chi connectivity index (χ1) is 8.96. The summed E-state index contributed by atoms with van der Waals surface area (Å²) in [5.74, 6) is -0.415. The second kappa shape index (κ2) is 5.30. The average molecular weight is 263 g/mol. The Hall–Kier alpha value is -2.04. The molecule has 0 unspecified atom stereocenters. The van der Waals surface area contributed by atoms with Crippen molar-refractivity contribution in [3.05, 3.63) is 35.9 Å². The normalized spacial score (nSPS) is 20.7. The van der Waals surface area contributed by atoms with Crippen molar-refractivity contribution in [3.63, 3.8) is 0 Å². The maximum absolute atomic E-state index is 11.6. The van der Waals surface area contributed by atoms with E-state index < -0.39 is 23.7 Å². The second-order valence-electron chi connectivity index (χ2n) is 5.14. The molecule has 0 spiro atoms. The Balaban J connectivity index is 1.81. The van der Waals surface area contributed by atoms with E-state index in [1.807, 2.05) is 44.2 Å². The van der Waals surface area contributed by atoms with Crippen LogP contribution in [0.4, 0.5) is 4.79 Å². The van der Waals surface area contributed by atoms with Crippen LogP contribution in [0.1, 0.15) is 25.8 Å². The fourth-order valence-corrected chi connectivity index (χ4v) is 1.98. The van der Waals surface area contributed by atoms with Crippen molar-refractivity contribution < 1.29 is 19.1 Å². The van der Waals surface area contributed by atoms with Crippen molar-refractivity contribution in [1.29, 1.82) is 0 Å². The molecule has 0 radical (unpaired) electrons. The smallest absolute Gasteiger partial charge is 0.408 e. The fourth-order valence-electron chi connectivity index (χ4n) is 1.98. The summed E-state index contributed by atoms with van der Waals surface area (Å²) in [5.41, 5.74) is 0.362. The lowest BCUT2D eigenvalue weighted by molar-refractivity contribution is -0.147. The van der Waals surface area contributed by atoms with Crippen LogP contribution in [0.25, 0.3) is 0 Å². The summed E-state index contributed by atoms with van der Waals surface area (Å²) < 4.78 is 10.2. The Morgan fingerprint density at radius 3 is 2.68 bits per heavy atom. The zero-order valence-electron chi connectivity index (χ0n) is 11.0. The summed E-state index contributed by atoms with van der Waals surface area (Å²) in [6, 6.07) is 8.72. The van der Waals surface area contributed by atoms with Gasteiger partial charge in [-0.3, -0.25) is 0 Å². The zero-order chi connectivity index (χ0) is 13.9. The maximum Gasteiger partial charge on any atom is 0.408 e. The molecule has 1 saturated heterocycles. The fraction of sp³-hybridized carbons (Fsp3) is 0.429. The van der Waals surface area contributed by atoms with Crippen LogP contribution in [-0.4, -0.2) is 23.7 Å². The molecule has 0 bridgehead atoms. The van der Waals surface area contributed by atoms with E-state index in [1.165, 1.54) is 0 Å². The average Bonchev–Trinajstić information content (AvgIpc) is 2.61. The summed E-state index contributed by atoms with van der Waals surface area (Å²) in [4.78, 5) is 23.1. The molecule has 5 heteroatoms. The summed E-state index contributed by atoms with van der Waals surface area (Å²) in [5, 5.41) is 2.52. The van der Waals surface area contributed by atoms with Gasteiger partial charge in [0.15, 0.2) is 0 Å². The van der Waals surface area contributed by atoms with Crippen molar-refractivity contribution in [2.45, 2.75) is 38.5 Å². The second-order valence-corrected chi connectivity index (χ2v) is 5.14. The Bertz CT molecular complexity index is 470. The predicted octanol–water partition coefficient (Wildman–Crippen LogP) is 2.01. The van der Waals surface area contributed by atoms with Gasteiger partial charge in [0.1, 0.15) is 18.2 Å². The van der Waals surface area contributed by atoms with Crippen molar-refractivity contribution >= 4 is 12.1 Å². The molecule has 1 aliphatic rings. The molecule has 1 aromatic rings. The first-order valence-corrected chi connectivity index (χ1v) is 6.16. The van der Waals surface area contributed by atoms with E-state index >= 15 is 0 Å². The molecule has 0 aliphatic carbocycles. The third kappa shape index (κ3) is 3.71. The molecule has 5 nitrogen and oxygen atoms in total. The molecule has 1 aliphatic heterocycles. The summed E-state index contributed by atoms with van der Waals surface area (Å²) in [6.07, 6.45) is -0.157. The van der Waals surface area contributed by atoms with Gasteiger partial charge in [-0.05, 0) is 19.4 Å². The molecular formula is C14H17NO4. The van der Waals surface area contributed by atoms with Crippen LogP contribution in [0.3, 0.4) is 0 Å². The van der Waals surface area contributed by atoms with Gasteiger partial charge in [0, 0.05) is 6.42 Å². The molecule has 2 rings (SSSR count). The quantitative estimate of drug-likeness (QED) is 0.847. The number of hydrogen-bond donors (Lipinski definition) is 1. The van der Waals surface area contributed by atoms with Gasteiger partial charge in [0.2, 0.25) is 0 Å². The van der Waals surface area contributed by atoms with E-state index in [9.17, 15) is 9.59 Å². The van der Waals surface area contributed by atoms with E-state index in [2.05, 4.69) is 5.32 Å². The van der Waals surface area contributed by atoms with E-state index in [-0.39, 0.29) is 6.61 Å². The van der Waals surface area contributed by atoms with Gasteiger partial charge in [-0.1, -0.05) is 30.3 Å². The zero-order valence-corrected chi connectivity index (χ0v) is 11.0. The van der Waals surface area contributed by atoms with E-state index in [0.717, 1.165) is 5.56 Å². The van der Waals surface area contributed by atoms with E-state index in [4.69, 9.17) is 9.47 Å². The highest BCUT2D eigenvalue weighted by Crippen LogP contribution is 2.25. The van der Waals surface area contributed by atoms with Gasteiger partial charge in [0.25, 0.3) is 0 Å². The number of ether oxygens (including phenoxy) is 2. The summed E-state index contributed by atoms with van der Waals surface area (Å²) >= 11 is 0. The highest BCUT2D eigenvalue weighted by atomic mass is 16.6. The number of esters is 1. The number of nitrogens with one attached hydrogen (secondary N) is 1. The van der Waals surface area contributed by atoms with Crippen LogP contribution >= 0.6 is 0 Å². The number of alkyl carbamates (subject to hydrolysis) is 1. The lowest BCUT2D eigenvalue weighted by Crippen LogP contribution is -2.38. The van der Waals surface area contributed by atoms with Crippen LogP contribution in [0.15, 0.2) is 30.3 Å². The van der Waals surface area contributed by atoms with Gasteiger partial charge in [0.05, 0.1) is 0 Å². The topological polar surface area (TPSA) is 64.6 Å². The molecule has 1 amide bonds. The Morgan fingerprint density at radius 2 is 2.11 bits per heavy atom. The number of cyclic esters (lactones) is 1. The van der Waals surface area contributed by atoms with Gasteiger partial charge >= 0.3 is 12.1 Å². The van der Waals surface area contributed by atoms with Crippen molar-refractivity contribution in [3.8, 4) is 0 Å². The molecule has 1 atom stereocenters. The third-order valence-electron chi connectivity index (χ3n) is 2.86. The molecule has 0 saturated carbocycles. The van der Waals surface area contributed by atoms with Crippen LogP contribution in [0.5, 0.6) is 0 Å². The van der Waals surface area contributed by atoms with Crippen molar-refractivity contribution in [2.75, 3.05) is 0 Å². The number of hydrogen-bond acceptors (Lipinski definition) is 4. The number of benzene rings is 1. The monoisotopic (exact) mass is 263 g/mol.